The quantitative estimate of drug-likeness (QED) is 0.590. The van der Waals surface area contributed by atoms with Crippen molar-refractivity contribution in [2.45, 2.75) is 13.0 Å². The predicted octanol–water partition coefficient (Wildman–Crippen LogP) is 0.202. The Morgan fingerprint density at radius 2 is 2.18 bits per heavy atom. The van der Waals surface area contributed by atoms with Gasteiger partial charge in [0, 0.05) is 6.07 Å². The third kappa shape index (κ3) is 3.56. The van der Waals surface area contributed by atoms with Crippen molar-refractivity contribution >= 4 is 29.3 Å². The lowest BCUT2D eigenvalue weighted by atomic mass is 10.3. The lowest BCUT2D eigenvalue weighted by Crippen LogP contribution is -2.28. The molecule has 1 rings (SSSR count). The van der Waals surface area contributed by atoms with Gasteiger partial charge in [-0.2, -0.15) is 0 Å². The average molecular weight is 259 g/mol. The number of nitrogens with one attached hydrogen (secondary N) is 1. The van der Waals surface area contributed by atoms with Crippen LogP contribution in [0.5, 0.6) is 0 Å². The summed E-state index contributed by atoms with van der Waals surface area (Å²) in [7, 11) is 1.27. The molecule has 0 aliphatic heterocycles. The maximum atomic E-state index is 11.2. The minimum atomic E-state index is -0.733. The van der Waals surface area contributed by atoms with E-state index >= 15 is 0 Å². The zero-order valence-electron chi connectivity index (χ0n) is 9.23. The van der Waals surface area contributed by atoms with Crippen molar-refractivity contribution in [1.29, 1.82) is 0 Å². The van der Waals surface area contributed by atoms with Crippen molar-refractivity contribution in [3.05, 3.63) is 17.0 Å². The van der Waals surface area contributed by atoms with E-state index in [1.54, 1.807) is 6.92 Å². The minimum absolute atomic E-state index is 0.0374. The van der Waals surface area contributed by atoms with Crippen LogP contribution in [0.25, 0.3) is 0 Å². The summed E-state index contributed by atoms with van der Waals surface area (Å²) in [5.74, 6) is -0.986. The van der Waals surface area contributed by atoms with Crippen LogP contribution in [-0.4, -0.2) is 35.0 Å². The Bertz CT molecular complexity index is 452. The summed E-state index contributed by atoms with van der Waals surface area (Å²) in [6.45, 7) is 1.58. The molecule has 1 heterocycles. The summed E-state index contributed by atoms with van der Waals surface area (Å²) >= 11 is 5.60. The molecule has 0 spiro atoms. The normalized spacial score (nSPS) is 11.7. The number of aromatic nitrogens is 2. The number of hydrogen-bond donors (Lipinski definition) is 2. The average Bonchev–Trinajstić information content (AvgIpc) is 2.26. The molecule has 1 unspecified atom stereocenters. The molecule has 0 radical (unpaired) electrons. The number of halogens is 1. The number of rotatable bonds is 4. The standard InChI is InChI=1S/C9H11ClN4O3/c1-4(8(16)17-2)12-6-3-5(7(11)15)13-9(10)14-6/h3-4H,1-2H3,(H2,11,15)(H,12,13,14). The van der Waals surface area contributed by atoms with Gasteiger partial charge in [0.05, 0.1) is 7.11 Å². The molecule has 17 heavy (non-hydrogen) atoms. The van der Waals surface area contributed by atoms with Crippen LogP contribution < -0.4 is 11.1 Å². The molecule has 8 heteroatoms. The summed E-state index contributed by atoms with van der Waals surface area (Å²) in [4.78, 5) is 29.5. The van der Waals surface area contributed by atoms with Gasteiger partial charge in [-0.05, 0) is 18.5 Å². The van der Waals surface area contributed by atoms with E-state index in [-0.39, 0.29) is 16.8 Å². The second-order valence-corrected chi connectivity index (χ2v) is 3.50. The molecule has 1 amide bonds. The van der Waals surface area contributed by atoms with E-state index in [2.05, 4.69) is 20.0 Å². The number of methoxy groups -OCH3 is 1. The summed E-state index contributed by atoms with van der Waals surface area (Å²) < 4.78 is 4.52. The first kappa shape index (κ1) is 13.2. The van der Waals surface area contributed by atoms with Gasteiger partial charge in [-0.3, -0.25) is 4.79 Å². The number of nitrogens with zero attached hydrogens (tertiary/aromatic N) is 2. The second kappa shape index (κ2) is 5.44. The number of anilines is 1. The van der Waals surface area contributed by atoms with Crippen LogP contribution >= 0.6 is 11.6 Å². The van der Waals surface area contributed by atoms with Crippen molar-refractivity contribution in [1.82, 2.24) is 9.97 Å². The highest BCUT2D eigenvalue weighted by molar-refractivity contribution is 6.28. The van der Waals surface area contributed by atoms with Gasteiger partial charge in [0.2, 0.25) is 5.28 Å². The van der Waals surface area contributed by atoms with Crippen LogP contribution in [0.4, 0.5) is 5.82 Å². The van der Waals surface area contributed by atoms with E-state index in [1.807, 2.05) is 0 Å². The SMILES string of the molecule is COC(=O)C(C)Nc1cc(C(N)=O)nc(Cl)n1. The van der Waals surface area contributed by atoms with Gasteiger partial charge < -0.3 is 15.8 Å². The van der Waals surface area contributed by atoms with E-state index < -0.39 is 17.9 Å². The Balaban J connectivity index is 2.91. The Morgan fingerprint density at radius 1 is 1.53 bits per heavy atom. The first-order chi connectivity index (χ1) is 7.93. The summed E-state index contributed by atoms with van der Waals surface area (Å²) in [5.41, 5.74) is 5.02. The molecule has 1 aromatic rings. The molecule has 0 fully saturated rings. The number of ether oxygens (including phenoxy) is 1. The third-order valence-electron chi connectivity index (χ3n) is 1.87. The molecule has 0 aliphatic rings. The zero-order valence-corrected chi connectivity index (χ0v) is 9.99. The minimum Gasteiger partial charge on any atom is -0.467 e. The highest BCUT2D eigenvalue weighted by Crippen LogP contribution is 2.11. The van der Waals surface area contributed by atoms with Crippen molar-refractivity contribution in [2.75, 3.05) is 12.4 Å². The van der Waals surface area contributed by atoms with Crippen molar-refractivity contribution < 1.29 is 14.3 Å². The second-order valence-electron chi connectivity index (χ2n) is 3.16. The zero-order chi connectivity index (χ0) is 13.0. The van der Waals surface area contributed by atoms with E-state index in [4.69, 9.17) is 17.3 Å². The van der Waals surface area contributed by atoms with E-state index in [0.29, 0.717) is 0 Å². The first-order valence-electron chi connectivity index (χ1n) is 4.62. The fourth-order valence-electron chi connectivity index (χ4n) is 1.08. The lowest BCUT2D eigenvalue weighted by Gasteiger charge is -2.12. The van der Waals surface area contributed by atoms with Gasteiger partial charge in [-0.1, -0.05) is 0 Å². The third-order valence-corrected chi connectivity index (χ3v) is 2.04. The topological polar surface area (TPSA) is 107 Å². The molecule has 7 nitrogen and oxygen atoms in total. The molecule has 0 saturated carbocycles. The maximum absolute atomic E-state index is 11.2. The molecule has 3 N–H and O–H groups in total. The number of esters is 1. The summed E-state index contributed by atoms with van der Waals surface area (Å²) in [6, 6.07) is 0.667. The van der Waals surface area contributed by atoms with Crippen LogP contribution in [0.2, 0.25) is 5.28 Å². The van der Waals surface area contributed by atoms with Crippen LogP contribution in [-0.2, 0) is 9.53 Å². The van der Waals surface area contributed by atoms with E-state index in [9.17, 15) is 9.59 Å². The number of hydrogen-bond acceptors (Lipinski definition) is 6. The van der Waals surface area contributed by atoms with Crippen molar-refractivity contribution in [2.24, 2.45) is 5.73 Å². The van der Waals surface area contributed by atoms with Crippen LogP contribution in [0.15, 0.2) is 6.07 Å². The fraction of sp³-hybridized carbons (Fsp3) is 0.333. The Hall–Kier alpha value is -1.89. The number of nitrogens with two attached hydrogens (primary N) is 1. The van der Waals surface area contributed by atoms with Gasteiger partial charge in [-0.15, -0.1) is 0 Å². The fourth-order valence-corrected chi connectivity index (χ4v) is 1.26. The Morgan fingerprint density at radius 3 is 2.71 bits per heavy atom. The molecular weight excluding hydrogens is 248 g/mol. The van der Waals surface area contributed by atoms with Crippen LogP contribution in [0.1, 0.15) is 17.4 Å². The largest absolute Gasteiger partial charge is 0.467 e. The highest BCUT2D eigenvalue weighted by Gasteiger charge is 2.15. The number of carbonyl (C=O) groups excluding carboxylic acids is 2. The van der Waals surface area contributed by atoms with Crippen LogP contribution in [0, 0.1) is 0 Å². The molecule has 0 aromatic carbocycles. The molecule has 92 valence electrons. The monoisotopic (exact) mass is 258 g/mol. The van der Waals surface area contributed by atoms with E-state index in [0.717, 1.165) is 0 Å². The lowest BCUT2D eigenvalue weighted by molar-refractivity contribution is -0.141. The summed E-state index contributed by atoms with van der Waals surface area (Å²) in [6.07, 6.45) is 0. The smallest absolute Gasteiger partial charge is 0.328 e. The van der Waals surface area contributed by atoms with Gasteiger partial charge >= 0.3 is 5.97 Å². The van der Waals surface area contributed by atoms with Crippen LogP contribution in [0.3, 0.4) is 0 Å². The van der Waals surface area contributed by atoms with Crippen molar-refractivity contribution in [3.63, 3.8) is 0 Å². The molecular formula is C9H11ClN4O3. The van der Waals surface area contributed by atoms with Crippen molar-refractivity contribution in [3.8, 4) is 0 Å². The molecule has 1 atom stereocenters. The maximum Gasteiger partial charge on any atom is 0.328 e. The van der Waals surface area contributed by atoms with Gasteiger partial charge in [0.1, 0.15) is 17.6 Å². The van der Waals surface area contributed by atoms with E-state index in [1.165, 1.54) is 13.2 Å². The molecule has 0 aliphatic carbocycles. The summed E-state index contributed by atoms with van der Waals surface area (Å²) in [5, 5.41) is 2.57. The molecule has 0 bridgehead atoms. The number of primary amides is 1. The Kier molecular flexibility index (Phi) is 4.22. The highest BCUT2D eigenvalue weighted by atomic mass is 35.5. The van der Waals surface area contributed by atoms with Gasteiger partial charge in [0.25, 0.3) is 5.91 Å². The molecule has 0 saturated heterocycles. The van der Waals surface area contributed by atoms with Gasteiger partial charge in [0.15, 0.2) is 0 Å². The van der Waals surface area contributed by atoms with Gasteiger partial charge in [-0.25, -0.2) is 14.8 Å². The number of amides is 1. The Labute approximate surface area is 102 Å². The first-order valence-corrected chi connectivity index (χ1v) is 5.00. The predicted molar refractivity (Wildman–Crippen MR) is 60.7 cm³/mol. The molecule has 1 aromatic heterocycles. The number of carbonyl (C=O) groups is 2.